The number of nitrogens with zero attached hydrogens (tertiary/aromatic N) is 2. The first kappa shape index (κ1) is 15.4. The first-order valence-corrected chi connectivity index (χ1v) is 6.65. The Kier molecular flexibility index (Phi) is 4.73. The average molecular weight is 342 g/mol. The van der Waals surface area contributed by atoms with E-state index in [1.54, 1.807) is 25.1 Å². The van der Waals surface area contributed by atoms with E-state index in [4.69, 9.17) is 39.6 Å². The molecule has 0 saturated carbocycles. The summed E-state index contributed by atoms with van der Waals surface area (Å²) in [5, 5.41) is 0.908. The van der Waals surface area contributed by atoms with Gasteiger partial charge in [0.05, 0.1) is 5.02 Å². The molecule has 1 heterocycles. The molecule has 0 fully saturated rings. The van der Waals surface area contributed by atoms with Gasteiger partial charge in [0.2, 0.25) is 0 Å². The van der Waals surface area contributed by atoms with Crippen molar-refractivity contribution in [2.75, 3.05) is 6.61 Å². The van der Waals surface area contributed by atoms with Crippen LogP contribution < -0.4 is 4.84 Å². The summed E-state index contributed by atoms with van der Waals surface area (Å²) >= 11 is 18.0. The van der Waals surface area contributed by atoms with Crippen molar-refractivity contribution in [3.05, 3.63) is 39.2 Å². The Bertz CT molecular complexity index is 631. The predicted octanol–water partition coefficient (Wildman–Crippen LogP) is 4.51. The van der Waals surface area contributed by atoms with Crippen molar-refractivity contribution in [3.8, 4) is 11.3 Å². The highest BCUT2D eigenvalue weighted by molar-refractivity contribution is 6.37. The molecular formula is C12H9Cl3F2N2O. The van der Waals surface area contributed by atoms with E-state index in [1.165, 1.54) is 0 Å². The number of alkyl halides is 2. The lowest BCUT2D eigenvalue weighted by molar-refractivity contribution is 0.00689. The molecular weight excluding hydrogens is 332 g/mol. The standard InChI is InChI=1S/C12H9Cl3F2N2O/c1-6-18-11(8-3-2-7(13)4-9(8)14)12(15)19(6)20-5-10(16)17/h2-4,10H,5H2,1H3. The lowest BCUT2D eigenvalue weighted by Gasteiger charge is -2.08. The maximum Gasteiger partial charge on any atom is 0.274 e. The van der Waals surface area contributed by atoms with Crippen LogP contribution in [0.3, 0.4) is 0 Å². The van der Waals surface area contributed by atoms with Gasteiger partial charge in [-0.2, -0.15) is 4.73 Å². The summed E-state index contributed by atoms with van der Waals surface area (Å²) in [5.74, 6) is 0.344. The third-order valence-electron chi connectivity index (χ3n) is 2.46. The minimum absolute atomic E-state index is 0.0763. The lowest BCUT2D eigenvalue weighted by Crippen LogP contribution is -2.19. The Morgan fingerprint density at radius 3 is 2.60 bits per heavy atom. The fraction of sp³-hybridized carbons (Fsp3) is 0.250. The number of hydrogen-bond acceptors (Lipinski definition) is 2. The van der Waals surface area contributed by atoms with Gasteiger partial charge in [-0.3, -0.25) is 0 Å². The Balaban J connectivity index is 2.40. The average Bonchev–Trinajstić information content (AvgIpc) is 2.62. The first-order chi connectivity index (χ1) is 9.40. The second kappa shape index (κ2) is 6.16. The van der Waals surface area contributed by atoms with Crippen LogP contribution in [0.4, 0.5) is 8.78 Å². The van der Waals surface area contributed by atoms with Crippen molar-refractivity contribution >= 4 is 34.8 Å². The Morgan fingerprint density at radius 2 is 2.00 bits per heavy atom. The summed E-state index contributed by atoms with van der Waals surface area (Å²) in [4.78, 5) is 9.08. The minimum atomic E-state index is -2.60. The van der Waals surface area contributed by atoms with Crippen molar-refractivity contribution in [3.63, 3.8) is 0 Å². The maximum absolute atomic E-state index is 12.2. The Hall–Kier alpha value is -1.04. The van der Waals surface area contributed by atoms with Crippen LogP contribution in [0, 0.1) is 6.92 Å². The molecule has 8 heteroatoms. The van der Waals surface area contributed by atoms with E-state index in [1.807, 2.05) is 0 Å². The number of imidazole rings is 1. The fourth-order valence-electron chi connectivity index (χ4n) is 1.63. The van der Waals surface area contributed by atoms with Gasteiger partial charge in [-0.15, -0.1) is 0 Å². The van der Waals surface area contributed by atoms with Crippen LogP contribution in [-0.4, -0.2) is 22.7 Å². The molecule has 0 bridgehead atoms. The minimum Gasteiger partial charge on any atom is -0.405 e. The van der Waals surface area contributed by atoms with Gasteiger partial charge in [0, 0.05) is 10.6 Å². The Morgan fingerprint density at radius 1 is 1.30 bits per heavy atom. The van der Waals surface area contributed by atoms with Gasteiger partial charge in [-0.05, 0) is 25.1 Å². The zero-order valence-electron chi connectivity index (χ0n) is 10.2. The summed E-state index contributed by atoms with van der Waals surface area (Å²) < 4.78 is 25.4. The highest BCUT2D eigenvalue weighted by atomic mass is 35.5. The lowest BCUT2D eigenvalue weighted by atomic mass is 10.2. The van der Waals surface area contributed by atoms with Crippen LogP contribution in [0.15, 0.2) is 18.2 Å². The molecule has 1 aromatic heterocycles. The molecule has 0 N–H and O–H groups in total. The summed E-state index contributed by atoms with van der Waals surface area (Å²) in [6, 6.07) is 4.83. The normalized spacial score (nSPS) is 11.2. The van der Waals surface area contributed by atoms with E-state index in [9.17, 15) is 8.78 Å². The molecule has 0 aliphatic carbocycles. The number of benzene rings is 1. The number of rotatable bonds is 4. The van der Waals surface area contributed by atoms with E-state index < -0.39 is 13.0 Å². The molecule has 0 atom stereocenters. The van der Waals surface area contributed by atoms with Crippen LogP contribution in [0.5, 0.6) is 0 Å². The Labute approximate surface area is 129 Å². The molecule has 2 aromatic rings. The van der Waals surface area contributed by atoms with Crippen LogP contribution in [-0.2, 0) is 0 Å². The van der Waals surface area contributed by atoms with Gasteiger partial charge in [-0.1, -0.05) is 34.8 Å². The van der Waals surface area contributed by atoms with Crippen molar-refractivity contribution in [1.29, 1.82) is 0 Å². The van der Waals surface area contributed by atoms with E-state index in [0.29, 0.717) is 27.1 Å². The van der Waals surface area contributed by atoms with E-state index in [2.05, 4.69) is 4.98 Å². The molecule has 108 valence electrons. The third kappa shape index (κ3) is 3.16. The van der Waals surface area contributed by atoms with Crippen molar-refractivity contribution in [1.82, 2.24) is 9.71 Å². The highest BCUT2D eigenvalue weighted by Gasteiger charge is 2.19. The molecule has 0 aliphatic heterocycles. The molecule has 0 spiro atoms. The van der Waals surface area contributed by atoms with E-state index in [0.717, 1.165) is 4.73 Å². The van der Waals surface area contributed by atoms with Crippen LogP contribution >= 0.6 is 34.8 Å². The third-order valence-corrected chi connectivity index (χ3v) is 3.34. The number of aromatic nitrogens is 2. The zero-order valence-corrected chi connectivity index (χ0v) is 12.5. The number of aryl methyl sites for hydroxylation is 1. The number of halogens is 5. The maximum atomic E-state index is 12.2. The van der Waals surface area contributed by atoms with E-state index >= 15 is 0 Å². The van der Waals surface area contributed by atoms with Crippen molar-refractivity contribution < 1.29 is 13.6 Å². The van der Waals surface area contributed by atoms with Crippen molar-refractivity contribution in [2.45, 2.75) is 13.3 Å². The molecule has 3 nitrogen and oxygen atoms in total. The van der Waals surface area contributed by atoms with Crippen molar-refractivity contribution in [2.24, 2.45) is 0 Å². The molecule has 0 unspecified atom stereocenters. The second-order valence-corrected chi connectivity index (χ2v) is 5.11. The highest BCUT2D eigenvalue weighted by Crippen LogP contribution is 2.34. The summed E-state index contributed by atoms with van der Waals surface area (Å²) in [6.07, 6.45) is -2.60. The van der Waals surface area contributed by atoms with Gasteiger partial charge in [-0.25, -0.2) is 13.8 Å². The van der Waals surface area contributed by atoms with Crippen LogP contribution in [0.25, 0.3) is 11.3 Å². The summed E-state index contributed by atoms with van der Waals surface area (Å²) in [6.45, 7) is 0.815. The molecule has 0 saturated heterocycles. The molecule has 0 amide bonds. The largest absolute Gasteiger partial charge is 0.405 e. The number of hydrogen-bond donors (Lipinski definition) is 0. The predicted molar refractivity (Wildman–Crippen MR) is 74.9 cm³/mol. The smallest absolute Gasteiger partial charge is 0.274 e. The van der Waals surface area contributed by atoms with Gasteiger partial charge in [0.25, 0.3) is 6.43 Å². The van der Waals surface area contributed by atoms with E-state index in [-0.39, 0.29) is 5.15 Å². The van der Waals surface area contributed by atoms with Gasteiger partial charge in [0.15, 0.2) is 11.8 Å². The molecule has 0 aliphatic rings. The van der Waals surface area contributed by atoms with Crippen LogP contribution in [0.2, 0.25) is 15.2 Å². The molecule has 0 radical (unpaired) electrons. The SMILES string of the molecule is Cc1nc(-c2ccc(Cl)cc2Cl)c(Cl)n1OCC(F)F. The monoisotopic (exact) mass is 340 g/mol. The quantitative estimate of drug-likeness (QED) is 0.818. The van der Waals surface area contributed by atoms with Crippen LogP contribution in [0.1, 0.15) is 5.82 Å². The fourth-order valence-corrected chi connectivity index (χ4v) is 2.44. The van der Waals surface area contributed by atoms with Gasteiger partial charge < -0.3 is 4.84 Å². The first-order valence-electron chi connectivity index (χ1n) is 5.52. The topological polar surface area (TPSA) is 27.1 Å². The summed E-state index contributed by atoms with van der Waals surface area (Å²) in [5.41, 5.74) is 0.892. The van der Waals surface area contributed by atoms with Gasteiger partial charge >= 0.3 is 0 Å². The molecule has 1 aromatic carbocycles. The zero-order chi connectivity index (χ0) is 14.9. The second-order valence-electron chi connectivity index (χ2n) is 3.90. The molecule has 2 rings (SSSR count). The molecule has 20 heavy (non-hydrogen) atoms. The van der Waals surface area contributed by atoms with Gasteiger partial charge in [0.1, 0.15) is 11.5 Å². The summed E-state index contributed by atoms with van der Waals surface area (Å²) in [7, 11) is 0.